The lowest BCUT2D eigenvalue weighted by atomic mass is 10.2. The van der Waals surface area contributed by atoms with E-state index < -0.39 is 0 Å². The molecule has 0 aliphatic rings. The number of aromatic nitrogens is 3. The van der Waals surface area contributed by atoms with Crippen LogP contribution in [-0.4, -0.2) is 20.7 Å². The van der Waals surface area contributed by atoms with E-state index >= 15 is 0 Å². The molecule has 0 amide bonds. The second-order valence-corrected chi connectivity index (χ2v) is 6.54. The van der Waals surface area contributed by atoms with E-state index in [-0.39, 0.29) is 5.91 Å². The second-order valence-electron chi connectivity index (χ2n) is 5.63. The molecule has 0 aliphatic heterocycles. The molecule has 2 aromatic heterocycles. The molecule has 0 saturated heterocycles. The Balaban J connectivity index is 1.82. The van der Waals surface area contributed by atoms with Crippen LogP contribution in [0, 0.1) is 0 Å². The average molecular weight is 403 g/mol. The van der Waals surface area contributed by atoms with Gasteiger partial charge in [-0.2, -0.15) is 9.67 Å². The molecule has 6 nitrogen and oxygen atoms in total. The summed E-state index contributed by atoms with van der Waals surface area (Å²) < 4.78 is 7.70. The minimum Gasteiger partial charge on any atom is -0.461 e. The van der Waals surface area contributed by atoms with Crippen molar-refractivity contribution in [2.75, 3.05) is 5.32 Å². The number of hydrogen-bond donors (Lipinski definition) is 1. The first-order valence-electron chi connectivity index (χ1n) is 8.20. The summed E-state index contributed by atoms with van der Waals surface area (Å²) in [6.45, 7) is 2.60. The van der Waals surface area contributed by atoms with Crippen LogP contribution >= 0.6 is 15.9 Å². The van der Waals surface area contributed by atoms with Crippen molar-refractivity contribution in [2.24, 2.45) is 0 Å². The highest BCUT2D eigenvalue weighted by molar-refractivity contribution is 9.10. The van der Waals surface area contributed by atoms with Gasteiger partial charge in [-0.05, 0) is 36.2 Å². The predicted octanol–water partition coefficient (Wildman–Crippen LogP) is 4.74. The fraction of sp³-hybridized carbons (Fsp3) is 0.278. The average Bonchev–Trinajstić information content (AvgIpc) is 3.28. The highest BCUT2D eigenvalue weighted by Gasteiger charge is 2.18. The monoisotopic (exact) mass is 402 g/mol. The lowest BCUT2D eigenvalue weighted by molar-refractivity contribution is 0.0886. The van der Waals surface area contributed by atoms with Crippen molar-refractivity contribution in [1.82, 2.24) is 14.8 Å². The Labute approximate surface area is 154 Å². The zero-order valence-electron chi connectivity index (χ0n) is 13.9. The third-order valence-electron chi connectivity index (χ3n) is 3.69. The molecule has 0 radical (unpaired) electrons. The summed E-state index contributed by atoms with van der Waals surface area (Å²) in [5.74, 6) is 1.28. The second kappa shape index (κ2) is 8.11. The summed E-state index contributed by atoms with van der Waals surface area (Å²) in [5.41, 5.74) is 1.08. The van der Waals surface area contributed by atoms with Gasteiger partial charge in [-0.25, -0.2) is 0 Å². The minimum atomic E-state index is -0.0783. The molecule has 1 aromatic carbocycles. The lowest BCUT2D eigenvalue weighted by Gasteiger charge is -2.07. The molecule has 7 heteroatoms. The van der Waals surface area contributed by atoms with Crippen LogP contribution in [0.2, 0.25) is 0 Å². The molecule has 0 saturated carbocycles. The Morgan fingerprint density at radius 2 is 2.08 bits per heavy atom. The van der Waals surface area contributed by atoms with E-state index in [1.54, 1.807) is 18.4 Å². The number of anilines is 1. The van der Waals surface area contributed by atoms with Gasteiger partial charge in [-0.3, -0.25) is 4.79 Å². The molecule has 0 bridgehead atoms. The van der Waals surface area contributed by atoms with E-state index in [0.29, 0.717) is 30.5 Å². The fourth-order valence-electron chi connectivity index (χ4n) is 2.33. The van der Waals surface area contributed by atoms with Gasteiger partial charge >= 0.3 is 0 Å². The highest BCUT2D eigenvalue weighted by Crippen LogP contribution is 2.20. The molecule has 3 rings (SSSR count). The molecule has 1 N–H and O–H groups in total. The molecule has 0 atom stereocenters. The number of nitrogens with zero attached hydrogens (tertiary/aromatic N) is 3. The van der Waals surface area contributed by atoms with E-state index in [1.807, 2.05) is 24.3 Å². The Bertz CT molecular complexity index is 825. The number of carbonyl (C=O) groups is 1. The number of carbonyl (C=O) groups excluding carboxylic acids is 1. The van der Waals surface area contributed by atoms with Crippen molar-refractivity contribution >= 4 is 27.8 Å². The van der Waals surface area contributed by atoms with Crippen LogP contribution in [0.3, 0.4) is 0 Å². The highest BCUT2D eigenvalue weighted by atomic mass is 79.9. The predicted molar refractivity (Wildman–Crippen MR) is 99.3 cm³/mol. The molecule has 0 fully saturated rings. The van der Waals surface area contributed by atoms with Gasteiger partial charge in [0.2, 0.25) is 17.7 Å². The standard InChI is InChI=1S/C18H19BrN4O2/c1-2-3-6-16(24)23-18(20-12-13-7-9-14(19)10-8-13)21-17(22-23)15-5-4-11-25-15/h4-5,7-11H,2-3,6,12H2,1H3,(H,20,21,22). The van der Waals surface area contributed by atoms with Gasteiger partial charge in [0.25, 0.3) is 0 Å². The molecule has 25 heavy (non-hydrogen) atoms. The van der Waals surface area contributed by atoms with E-state index in [2.05, 4.69) is 38.3 Å². The first-order chi connectivity index (χ1) is 12.2. The molecule has 0 spiro atoms. The molecule has 0 aliphatic carbocycles. The number of nitrogens with one attached hydrogen (secondary N) is 1. The van der Waals surface area contributed by atoms with E-state index in [4.69, 9.17) is 4.42 Å². The molecule has 130 valence electrons. The van der Waals surface area contributed by atoms with Gasteiger partial charge in [0, 0.05) is 17.4 Å². The summed E-state index contributed by atoms with van der Waals surface area (Å²) >= 11 is 3.42. The SMILES string of the molecule is CCCCC(=O)n1nc(-c2ccco2)nc1NCc1ccc(Br)cc1. The van der Waals surface area contributed by atoms with Crippen LogP contribution in [0.4, 0.5) is 5.95 Å². The molecular formula is C18H19BrN4O2. The van der Waals surface area contributed by atoms with Crippen LogP contribution in [-0.2, 0) is 6.54 Å². The summed E-state index contributed by atoms with van der Waals surface area (Å²) in [6.07, 6.45) is 3.77. The van der Waals surface area contributed by atoms with Crippen LogP contribution in [0.25, 0.3) is 11.6 Å². The van der Waals surface area contributed by atoms with Gasteiger partial charge in [-0.1, -0.05) is 41.4 Å². The quantitative estimate of drug-likeness (QED) is 0.617. The number of benzene rings is 1. The Kier molecular flexibility index (Phi) is 5.65. The van der Waals surface area contributed by atoms with Crippen LogP contribution in [0.1, 0.15) is 36.5 Å². The van der Waals surface area contributed by atoms with Crippen LogP contribution in [0.5, 0.6) is 0 Å². The minimum absolute atomic E-state index is 0.0783. The summed E-state index contributed by atoms with van der Waals surface area (Å²) in [5, 5.41) is 7.52. The van der Waals surface area contributed by atoms with Gasteiger partial charge in [0.1, 0.15) is 0 Å². The lowest BCUT2D eigenvalue weighted by Crippen LogP contribution is -2.16. The Morgan fingerprint density at radius 1 is 1.28 bits per heavy atom. The summed E-state index contributed by atoms with van der Waals surface area (Å²) in [4.78, 5) is 16.9. The van der Waals surface area contributed by atoms with E-state index in [1.165, 1.54) is 4.68 Å². The molecule has 3 aromatic rings. The maximum Gasteiger partial charge on any atom is 0.250 e. The van der Waals surface area contributed by atoms with Crippen molar-refractivity contribution < 1.29 is 9.21 Å². The zero-order chi connectivity index (χ0) is 17.6. The van der Waals surface area contributed by atoms with Crippen molar-refractivity contribution in [2.45, 2.75) is 32.7 Å². The maximum absolute atomic E-state index is 12.4. The third-order valence-corrected chi connectivity index (χ3v) is 4.22. The maximum atomic E-state index is 12.4. The van der Waals surface area contributed by atoms with Gasteiger partial charge in [-0.15, -0.1) is 5.10 Å². The van der Waals surface area contributed by atoms with Crippen molar-refractivity contribution in [1.29, 1.82) is 0 Å². The van der Waals surface area contributed by atoms with Crippen LogP contribution < -0.4 is 5.32 Å². The molecule has 2 heterocycles. The number of unbranched alkanes of at least 4 members (excludes halogenated alkanes) is 1. The van der Waals surface area contributed by atoms with Gasteiger partial charge < -0.3 is 9.73 Å². The van der Waals surface area contributed by atoms with Gasteiger partial charge in [0.05, 0.1) is 6.26 Å². The van der Waals surface area contributed by atoms with E-state index in [9.17, 15) is 4.79 Å². The normalized spacial score (nSPS) is 10.8. The smallest absolute Gasteiger partial charge is 0.250 e. The zero-order valence-corrected chi connectivity index (χ0v) is 15.5. The molecular weight excluding hydrogens is 384 g/mol. The third kappa shape index (κ3) is 4.36. The van der Waals surface area contributed by atoms with Gasteiger partial charge in [0.15, 0.2) is 5.76 Å². The topological polar surface area (TPSA) is 73.0 Å². The summed E-state index contributed by atoms with van der Waals surface area (Å²) in [7, 11) is 0. The van der Waals surface area contributed by atoms with Crippen molar-refractivity contribution in [3.63, 3.8) is 0 Å². The number of hydrogen-bond acceptors (Lipinski definition) is 5. The number of furan rings is 1. The first kappa shape index (κ1) is 17.4. The fourth-order valence-corrected chi connectivity index (χ4v) is 2.59. The van der Waals surface area contributed by atoms with Crippen molar-refractivity contribution in [3.8, 4) is 11.6 Å². The first-order valence-corrected chi connectivity index (χ1v) is 8.99. The largest absolute Gasteiger partial charge is 0.461 e. The van der Waals surface area contributed by atoms with E-state index in [0.717, 1.165) is 22.9 Å². The van der Waals surface area contributed by atoms with Crippen LogP contribution in [0.15, 0.2) is 51.6 Å². The summed E-state index contributed by atoms with van der Waals surface area (Å²) in [6, 6.07) is 11.5. The molecule has 0 unspecified atom stereocenters. The van der Waals surface area contributed by atoms with Crippen molar-refractivity contribution in [3.05, 3.63) is 52.7 Å². The number of rotatable bonds is 7. The number of halogens is 1. The Morgan fingerprint density at radius 3 is 2.76 bits per heavy atom. The Hall–Kier alpha value is -2.41.